The average Bonchev–Trinajstić information content (AvgIpc) is 2.76. The highest BCUT2D eigenvalue weighted by atomic mass is 16.6. The molecule has 0 aliphatic heterocycles. The third-order valence-corrected chi connectivity index (χ3v) is 2.40. The molecule has 0 saturated carbocycles. The Morgan fingerprint density at radius 3 is 1.60 bits per heavy atom. The topological polar surface area (TPSA) is 153 Å². The highest BCUT2D eigenvalue weighted by Crippen LogP contribution is 2.06. The molecule has 0 radical (unpaired) electrons. The molecule has 2 aromatic rings. The molecule has 0 atom stereocenters. The van der Waals surface area contributed by atoms with Crippen LogP contribution in [0.25, 0.3) is 0 Å². The second-order valence-corrected chi connectivity index (χ2v) is 4.21. The van der Waals surface area contributed by atoms with Crippen LogP contribution in [-0.2, 0) is 19.1 Å². The van der Waals surface area contributed by atoms with Gasteiger partial charge in [-0.05, 0) is 12.1 Å². The molecule has 0 aliphatic carbocycles. The number of rotatable bonds is 4. The molecule has 2 N–H and O–H groups in total. The number of aliphatic hydroxyl groups excluding tert-OH is 1. The van der Waals surface area contributed by atoms with Gasteiger partial charge in [-0.15, -0.1) is 0 Å². The summed E-state index contributed by atoms with van der Waals surface area (Å²) < 4.78 is 4.40. The summed E-state index contributed by atoms with van der Waals surface area (Å²) >= 11 is 0. The molecule has 0 spiro atoms. The molecule has 30 heavy (non-hydrogen) atoms. The van der Waals surface area contributed by atoms with E-state index in [0.717, 1.165) is 12.8 Å². The lowest BCUT2D eigenvalue weighted by Gasteiger charge is -2.01. The summed E-state index contributed by atoms with van der Waals surface area (Å²) in [5.41, 5.74) is 0.872. The van der Waals surface area contributed by atoms with Gasteiger partial charge in [-0.2, -0.15) is 0 Å². The molecule has 166 valence electrons. The smallest absolute Gasteiger partial charge is 0.411 e. The van der Waals surface area contributed by atoms with E-state index in [4.69, 9.17) is 14.7 Å². The molecular weight excluding hydrogens is 396 g/mol. The van der Waals surface area contributed by atoms with Crippen molar-refractivity contribution in [2.24, 2.45) is 0 Å². The van der Waals surface area contributed by atoms with Crippen LogP contribution in [0.4, 0.5) is 16.2 Å². The van der Waals surface area contributed by atoms with Crippen molar-refractivity contribution in [1.82, 2.24) is 0 Å². The number of non-ortho nitro benzene ring substituents is 1. The number of amides is 1. The van der Waals surface area contributed by atoms with Crippen LogP contribution in [0.3, 0.4) is 0 Å². The Morgan fingerprint density at radius 1 is 0.933 bits per heavy atom. The summed E-state index contributed by atoms with van der Waals surface area (Å²) in [6.45, 7) is 0. The van der Waals surface area contributed by atoms with Crippen LogP contribution in [0.15, 0.2) is 60.7 Å². The van der Waals surface area contributed by atoms with Gasteiger partial charge < -0.3 is 9.84 Å². The minimum atomic E-state index is -1.02. The normalized spacial score (nSPS) is 7.43. The standard InChI is InChI=1S/C8H9NO2.C6H5NO2.C3H2O3.CH4O.2CH4/c1-11-8(10)9-7-5-3-2-4-6-7;8-7(9)6-4-2-1-3-5-6;4-1-3(6)2-5;1-2;;/h2-6H,1H3,(H,9,10);1-5H;1-2H;2H,1H3;2*1H4. The lowest BCUT2D eigenvalue weighted by atomic mass is 10.3. The van der Waals surface area contributed by atoms with Gasteiger partial charge in [0.15, 0.2) is 12.6 Å². The van der Waals surface area contributed by atoms with E-state index in [1.165, 1.54) is 19.2 Å². The molecule has 0 fully saturated rings. The van der Waals surface area contributed by atoms with Crippen molar-refractivity contribution >= 4 is 35.8 Å². The summed E-state index contributed by atoms with van der Waals surface area (Å²) in [7, 11) is 2.33. The molecule has 0 heterocycles. The van der Waals surface area contributed by atoms with Crippen LogP contribution in [0.1, 0.15) is 14.9 Å². The quantitative estimate of drug-likeness (QED) is 0.249. The number of aliphatic hydroxyl groups is 1. The van der Waals surface area contributed by atoms with E-state index >= 15 is 0 Å². The van der Waals surface area contributed by atoms with Gasteiger partial charge >= 0.3 is 6.09 Å². The predicted octanol–water partition coefficient (Wildman–Crippen LogP) is 3.29. The molecule has 0 aliphatic rings. The molecule has 2 rings (SSSR count). The predicted molar refractivity (Wildman–Crippen MR) is 114 cm³/mol. The maximum absolute atomic E-state index is 10.6. The van der Waals surface area contributed by atoms with Crippen LogP contribution in [0.2, 0.25) is 0 Å². The first-order valence-corrected chi connectivity index (χ1v) is 7.43. The summed E-state index contributed by atoms with van der Waals surface area (Å²) in [6.07, 6.45) is -0.517. The number of anilines is 1. The van der Waals surface area contributed by atoms with Crippen molar-refractivity contribution in [2.75, 3.05) is 19.5 Å². The molecule has 0 bridgehead atoms. The molecule has 10 heteroatoms. The Hall–Kier alpha value is -3.92. The van der Waals surface area contributed by atoms with Gasteiger partial charge in [-0.1, -0.05) is 51.3 Å². The molecule has 10 nitrogen and oxygen atoms in total. The largest absolute Gasteiger partial charge is 0.453 e. The van der Waals surface area contributed by atoms with Gasteiger partial charge in [-0.25, -0.2) is 4.79 Å². The number of nitrogens with zero attached hydrogens (tertiary/aromatic N) is 1. The number of carbonyl (C=O) groups excluding carboxylic acids is 4. The summed E-state index contributed by atoms with van der Waals surface area (Å²) in [5.74, 6) is -1.02. The van der Waals surface area contributed by atoms with Crippen molar-refractivity contribution in [3.63, 3.8) is 0 Å². The SMILES string of the molecule is C.C.CO.COC(=O)Nc1ccccc1.O=CC(=O)C=O.O=[N+]([O-])c1ccccc1. The summed E-state index contributed by atoms with van der Waals surface area (Å²) in [4.78, 5) is 48.0. The molecule has 0 saturated heterocycles. The third-order valence-electron chi connectivity index (χ3n) is 2.40. The summed E-state index contributed by atoms with van der Waals surface area (Å²) in [6, 6.07) is 17.1. The van der Waals surface area contributed by atoms with E-state index in [2.05, 4.69) is 10.1 Å². The van der Waals surface area contributed by atoms with Gasteiger partial charge in [0.2, 0.25) is 0 Å². The Labute approximate surface area is 175 Å². The maximum Gasteiger partial charge on any atom is 0.411 e. The number of Topliss-reactive ketones (excluding diaryl/α,β-unsaturated/α-hetero) is 1. The number of hydrogen-bond acceptors (Lipinski definition) is 8. The van der Waals surface area contributed by atoms with Crippen molar-refractivity contribution in [2.45, 2.75) is 14.9 Å². The number of para-hydroxylation sites is 2. The fraction of sp³-hybridized carbons (Fsp3) is 0.200. The molecule has 0 aromatic heterocycles. The van der Waals surface area contributed by atoms with Crippen LogP contribution in [-0.4, -0.2) is 48.7 Å². The number of ether oxygens (including phenoxy) is 1. The van der Waals surface area contributed by atoms with Crippen LogP contribution < -0.4 is 5.32 Å². The van der Waals surface area contributed by atoms with E-state index in [-0.39, 0.29) is 33.1 Å². The maximum atomic E-state index is 10.6. The van der Waals surface area contributed by atoms with Crippen LogP contribution in [0, 0.1) is 10.1 Å². The van der Waals surface area contributed by atoms with E-state index in [9.17, 15) is 19.7 Å². The molecular formula is C20H28N2O8. The fourth-order valence-electron chi connectivity index (χ4n) is 1.27. The van der Waals surface area contributed by atoms with E-state index in [1.54, 1.807) is 30.3 Å². The van der Waals surface area contributed by atoms with Crippen molar-refractivity contribution in [1.29, 1.82) is 0 Å². The van der Waals surface area contributed by atoms with E-state index < -0.39 is 16.8 Å². The molecule has 0 unspecified atom stereocenters. The number of nitro groups is 1. The number of nitrogens with one attached hydrogen (secondary N) is 1. The Bertz CT molecular complexity index is 712. The first-order chi connectivity index (χ1) is 13.4. The van der Waals surface area contributed by atoms with Crippen molar-refractivity contribution < 1.29 is 33.9 Å². The average molecular weight is 424 g/mol. The molecule has 2 aromatic carbocycles. The minimum Gasteiger partial charge on any atom is -0.453 e. The zero-order chi connectivity index (χ0) is 21.8. The Morgan fingerprint density at radius 2 is 1.33 bits per heavy atom. The lowest BCUT2D eigenvalue weighted by Crippen LogP contribution is -2.10. The number of aldehydes is 2. The number of ketones is 1. The number of nitro benzene ring substituents is 1. The number of hydrogen-bond donors (Lipinski definition) is 2. The highest BCUT2D eigenvalue weighted by Gasteiger charge is 1.98. The Kier molecular flexibility index (Phi) is 25.9. The number of methoxy groups -OCH3 is 1. The summed E-state index contributed by atoms with van der Waals surface area (Å²) in [5, 5.41) is 19.5. The number of benzene rings is 2. The van der Waals surface area contributed by atoms with Crippen molar-refractivity contribution in [3.8, 4) is 0 Å². The minimum absolute atomic E-state index is 0. The monoisotopic (exact) mass is 424 g/mol. The van der Waals surface area contributed by atoms with Gasteiger partial charge in [0, 0.05) is 24.9 Å². The van der Waals surface area contributed by atoms with Crippen molar-refractivity contribution in [3.05, 3.63) is 70.8 Å². The van der Waals surface area contributed by atoms with Gasteiger partial charge in [0.1, 0.15) is 0 Å². The van der Waals surface area contributed by atoms with Crippen LogP contribution in [0.5, 0.6) is 0 Å². The lowest BCUT2D eigenvalue weighted by molar-refractivity contribution is -0.384. The highest BCUT2D eigenvalue weighted by molar-refractivity contribution is 6.50. The fourth-order valence-corrected chi connectivity index (χ4v) is 1.27. The van der Waals surface area contributed by atoms with E-state index in [1.807, 2.05) is 18.2 Å². The second-order valence-electron chi connectivity index (χ2n) is 4.21. The third kappa shape index (κ3) is 18.9. The van der Waals surface area contributed by atoms with Crippen LogP contribution >= 0.6 is 0 Å². The first kappa shape index (κ1) is 33.6. The van der Waals surface area contributed by atoms with Gasteiger partial charge in [-0.3, -0.25) is 29.8 Å². The number of carbonyl (C=O) groups is 4. The van der Waals surface area contributed by atoms with Gasteiger partial charge in [0.05, 0.1) is 12.0 Å². The zero-order valence-electron chi connectivity index (χ0n) is 15.2. The first-order valence-electron chi connectivity index (χ1n) is 7.43. The molecule has 1 amide bonds. The zero-order valence-corrected chi connectivity index (χ0v) is 15.2. The Balaban J connectivity index is -0.000000163. The van der Waals surface area contributed by atoms with Gasteiger partial charge in [0.25, 0.3) is 11.5 Å². The van der Waals surface area contributed by atoms with E-state index in [0.29, 0.717) is 0 Å². The second kappa shape index (κ2) is 23.1.